The molecule has 0 aromatic rings. The molecule has 3 nitrogen and oxygen atoms in total. The van der Waals surface area contributed by atoms with E-state index in [1.165, 1.54) is 0 Å². The smallest absolute Gasteiger partial charge is 0.179 e. The second kappa shape index (κ2) is 3.83. The molecule has 0 bridgehead atoms. The largest absolute Gasteiger partial charge is 0.870 e. The van der Waals surface area contributed by atoms with E-state index >= 15 is 0 Å². The summed E-state index contributed by atoms with van der Waals surface area (Å²) >= 11 is 0. The first kappa shape index (κ1) is 10.8. The number of aliphatic hydroxyl groups excluding tert-OH is 1. The molecule has 0 saturated heterocycles. The highest BCUT2D eigenvalue weighted by Gasteiger charge is 2.06. The van der Waals surface area contributed by atoms with Gasteiger partial charge in [0.15, 0.2) is 6.73 Å². The molecule has 3 heteroatoms. The zero-order valence-corrected chi connectivity index (χ0v) is 5.76. The van der Waals surface area contributed by atoms with Crippen molar-refractivity contribution in [3.63, 3.8) is 0 Å². The zero-order chi connectivity index (χ0) is 5.91. The average molecular weight is 121 g/mol. The fourth-order valence-electron chi connectivity index (χ4n) is 0.1000. The third kappa shape index (κ3) is 4.05. The van der Waals surface area contributed by atoms with E-state index in [0.717, 1.165) is 6.54 Å². The van der Waals surface area contributed by atoms with Crippen molar-refractivity contribution in [3.05, 3.63) is 0 Å². The van der Waals surface area contributed by atoms with Gasteiger partial charge in [0, 0.05) is 0 Å². The normalized spacial score (nSPS) is 10.5. The van der Waals surface area contributed by atoms with Gasteiger partial charge >= 0.3 is 0 Å². The number of hydrogen-bond acceptors (Lipinski definition) is 2. The lowest BCUT2D eigenvalue weighted by Crippen LogP contribution is -2.39. The third-order valence-electron chi connectivity index (χ3n) is 1.24. The van der Waals surface area contributed by atoms with Crippen molar-refractivity contribution in [2.24, 2.45) is 0 Å². The van der Waals surface area contributed by atoms with Gasteiger partial charge in [0.05, 0.1) is 20.6 Å². The van der Waals surface area contributed by atoms with Crippen LogP contribution in [0.15, 0.2) is 0 Å². The van der Waals surface area contributed by atoms with Gasteiger partial charge in [-0.3, -0.25) is 0 Å². The van der Waals surface area contributed by atoms with Crippen LogP contribution in [0.2, 0.25) is 0 Å². The van der Waals surface area contributed by atoms with Gasteiger partial charge < -0.3 is 15.1 Å². The predicted octanol–water partition coefficient (Wildman–Crippen LogP) is -0.144. The summed E-state index contributed by atoms with van der Waals surface area (Å²) < 4.78 is 0.694. The highest BCUT2D eigenvalue weighted by molar-refractivity contribution is 4.10. The van der Waals surface area contributed by atoms with Gasteiger partial charge in [-0.05, 0) is 6.92 Å². The van der Waals surface area contributed by atoms with E-state index in [-0.39, 0.29) is 12.2 Å². The van der Waals surface area contributed by atoms with Gasteiger partial charge in [-0.25, -0.2) is 0 Å². The van der Waals surface area contributed by atoms with Crippen molar-refractivity contribution in [3.8, 4) is 0 Å². The fourth-order valence-corrected chi connectivity index (χ4v) is 0.1000. The van der Waals surface area contributed by atoms with Crippen LogP contribution in [-0.4, -0.2) is 42.4 Å². The highest BCUT2D eigenvalue weighted by Crippen LogP contribution is 1.89. The lowest BCUT2D eigenvalue weighted by Gasteiger charge is -2.24. The number of quaternary nitrogens is 1. The summed E-state index contributed by atoms with van der Waals surface area (Å²) in [6, 6.07) is 0. The van der Waals surface area contributed by atoms with Crippen LogP contribution in [0.5, 0.6) is 0 Å². The van der Waals surface area contributed by atoms with E-state index in [2.05, 4.69) is 6.92 Å². The standard InChI is InChI=1S/C5H14NO.H2O/c1-4-6(2,3)5-7;/h7H,4-5H2,1-3H3;1H2/q+1;/p-1. The van der Waals surface area contributed by atoms with E-state index in [0.29, 0.717) is 4.48 Å². The molecule has 2 N–H and O–H groups in total. The van der Waals surface area contributed by atoms with Crippen molar-refractivity contribution in [2.45, 2.75) is 6.92 Å². The molecule has 0 heterocycles. The van der Waals surface area contributed by atoms with Gasteiger partial charge in [0.2, 0.25) is 0 Å². The SMILES string of the molecule is CC[N+](C)(C)CO.[OH-]. The summed E-state index contributed by atoms with van der Waals surface area (Å²) in [5, 5.41) is 8.57. The number of nitrogens with zero attached hydrogens (tertiary/aromatic N) is 1. The zero-order valence-electron chi connectivity index (χ0n) is 5.76. The lowest BCUT2D eigenvalue weighted by atomic mass is 10.6. The lowest BCUT2D eigenvalue weighted by molar-refractivity contribution is -0.907. The molecule has 0 spiro atoms. The Morgan fingerprint density at radius 1 is 1.38 bits per heavy atom. The maximum atomic E-state index is 8.57. The average Bonchev–Trinajstić information content (AvgIpc) is 1.68. The van der Waals surface area contributed by atoms with Gasteiger partial charge in [0.25, 0.3) is 0 Å². The summed E-state index contributed by atoms with van der Waals surface area (Å²) in [5.74, 6) is 0. The molecule has 0 saturated carbocycles. The van der Waals surface area contributed by atoms with Crippen molar-refractivity contribution >= 4 is 0 Å². The minimum absolute atomic E-state index is 0. The molecule has 0 aromatic carbocycles. The Kier molecular flexibility index (Phi) is 5.17. The molecule has 0 fully saturated rings. The van der Waals surface area contributed by atoms with Crippen molar-refractivity contribution in [1.82, 2.24) is 0 Å². The van der Waals surface area contributed by atoms with Crippen molar-refractivity contribution in [2.75, 3.05) is 27.4 Å². The molecule has 0 radical (unpaired) electrons. The van der Waals surface area contributed by atoms with Crippen LogP contribution in [0.25, 0.3) is 0 Å². The maximum absolute atomic E-state index is 8.57. The topological polar surface area (TPSA) is 50.2 Å². The molecule has 52 valence electrons. The quantitative estimate of drug-likeness (QED) is 0.408. The van der Waals surface area contributed by atoms with Crippen LogP contribution in [0, 0.1) is 0 Å². The van der Waals surface area contributed by atoms with E-state index in [1.54, 1.807) is 0 Å². The number of hydrogen-bond donors (Lipinski definition) is 1. The molecular weight excluding hydrogens is 106 g/mol. The summed E-state index contributed by atoms with van der Waals surface area (Å²) in [6.45, 7) is 3.27. The Labute approximate surface area is 50.4 Å². The predicted molar refractivity (Wildman–Crippen MR) is 31.7 cm³/mol. The number of rotatable bonds is 2. The minimum Gasteiger partial charge on any atom is -0.870 e. The van der Waals surface area contributed by atoms with E-state index in [4.69, 9.17) is 5.11 Å². The highest BCUT2D eigenvalue weighted by atomic mass is 16.3. The Morgan fingerprint density at radius 3 is 1.75 bits per heavy atom. The minimum atomic E-state index is 0. The monoisotopic (exact) mass is 121 g/mol. The molecule has 0 aliphatic rings. The number of aliphatic hydroxyl groups is 1. The maximum Gasteiger partial charge on any atom is 0.179 e. The molecule has 0 atom stereocenters. The molecule has 0 aromatic heterocycles. The molecule has 0 unspecified atom stereocenters. The molecule has 0 amide bonds. The van der Waals surface area contributed by atoms with Gasteiger partial charge in [0.1, 0.15) is 0 Å². The Hall–Kier alpha value is -0.120. The van der Waals surface area contributed by atoms with E-state index < -0.39 is 0 Å². The molecule has 0 rings (SSSR count). The van der Waals surface area contributed by atoms with Crippen LogP contribution in [0.3, 0.4) is 0 Å². The first-order valence-electron chi connectivity index (χ1n) is 2.55. The van der Waals surface area contributed by atoms with Crippen LogP contribution >= 0.6 is 0 Å². The van der Waals surface area contributed by atoms with Crippen LogP contribution in [0.4, 0.5) is 0 Å². The van der Waals surface area contributed by atoms with Crippen LogP contribution in [-0.2, 0) is 0 Å². The Balaban J connectivity index is 0. The summed E-state index contributed by atoms with van der Waals surface area (Å²) in [5.41, 5.74) is 0. The summed E-state index contributed by atoms with van der Waals surface area (Å²) in [7, 11) is 3.97. The molecule has 8 heavy (non-hydrogen) atoms. The second-order valence-corrected chi connectivity index (χ2v) is 2.39. The van der Waals surface area contributed by atoms with Crippen LogP contribution < -0.4 is 0 Å². The van der Waals surface area contributed by atoms with E-state index in [9.17, 15) is 0 Å². The van der Waals surface area contributed by atoms with Gasteiger partial charge in [-0.1, -0.05) is 0 Å². The van der Waals surface area contributed by atoms with Crippen LogP contribution in [0.1, 0.15) is 6.92 Å². The molecule has 0 aliphatic carbocycles. The second-order valence-electron chi connectivity index (χ2n) is 2.39. The van der Waals surface area contributed by atoms with Crippen molar-refractivity contribution in [1.29, 1.82) is 0 Å². The summed E-state index contributed by atoms with van der Waals surface area (Å²) in [6.07, 6.45) is 0. The molecular formula is C5H15NO2. The third-order valence-corrected chi connectivity index (χ3v) is 1.24. The Bertz CT molecular complexity index is 48.4. The van der Waals surface area contributed by atoms with Gasteiger partial charge in [-0.15, -0.1) is 0 Å². The fraction of sp³-hybridized carbons (Fsp3) is 1.00. The van der Waals surface area contributed by atoms with E-state index in [1.807, 2.05) is 14.1 Å². The molecule has 0 aliphatic heterocycles. The first-order valence-corrected chi connectivity index (χ1v) is 2.55. The Morgan fingerprint density at radius 2 is 1.75 bits per heavy atom. The van der Waals surface area contributed by atoms with Gasteiger partial charge in [-0.2, -0.15) is 0 Å². The van der Waals surface area contributed by atoms with Crippen molar-refractivity contribution < 1.29 is 15.1 Å². The first-order chi connectivity index (χ1) is 3.12. The summed E-state index contributed by atoms with van der Waals surface area (Å²) in [4.78, 5) is 0.